The van der Waals surface area contributed by atoms with Crippen molar-refractivity contribution in [1.82, 2.24) is 15.6 Å². The van der Waals surface area contributed by atoms with E-state index in [1.165, 1.54) is 10.7 Å². The maximum atomic E-state index is 4.68. The molecule has 0 aliphatic carbocycles. The lowest BCUT2D eigenvalue weighted by atomic mass is 10.2. The van der Waals surface area contributed by atoms with Crippen LogP contribution in [-0.2, 0) is 6.42 Å². The number of thiazole rings is 1. The first-order valence-electron chi connectivity index (χ1n) is 7.89. The predicted molar refractivity (Wildman–Crippen MR) is 117 cm³/mol. The lowest BCUT2D eigenvalue weighted by Crippen LogP contribution is -2.39. The highest BCUT2D eigenvalue weighted by Gasteiger charge is 2.15. The summed E-state index contributed by atoms with van der Waals surface area (Å²) in [5.74, 6) is 1.41. The molecule has 0 amide bonds. The van der Waals surface area contributed by atoms with Gasteiger partial charge in [0.05, 0.1) is 17.2 Å². The van der Waals surface area contributed by atoms with Crippen molar-refractivity contribution in [2.24, 2.45) is 4.99 Å². The van der Waals surface area contributed by atoms with Crippen LogP contribution < -0.4 is 10.6 Å². The first kappa shape index (κ1) is 23.0. The van der Waals surface area contributed by atoms with Gasteiger partial charge in [-0.05, 0) is 27.0 Å². The molecular formula is C16H31IN4S2. The van der Waals surface area contributed by atoms with E-state index in [-0.39, 0.29) is 28.7 Å². The van der Waals surface area contributed by atoms with Gasteiger partial charge in [0, 0.05) is 35.6 Å². The summed E-state index contributed by atoms with van der Waals surface area (Å²) in [6, 6.07) is 0. The second kappa shape index (κ2) is 11.5. The van der Waals surface area contributed by atoms with Crippen LogP contribution in [0.3, 0.4) is 0 Å². The number of hydrogen-bond donors (Lipinski definition) is 2. The predicted octanol–water partition coefficient (Wildman–Crippen LogP) is 4.12. The summed E-state index contributed by atoms with van der Waals surface area (Å²) >= 11 is 3.60. The molecule has 1 aromatic rings. The average molecular weight is 470 g/mol. The highest BCUT2D eigenvalue weighted by atomic mass is 127. The minimum Gasteiger partial charge on any atom is -0.357 e. The molecule has 2 N–H and O–H groups in total. The summed E-state index contributed by atoms with van der Waals surface area (Å²) in [5.41, 5.74) is 1.17. The van der Waals surface area contributed by atoms with Gasteiger partial charge in [-0.3, -0.25) is 4.99 Å². The molecule has 1 rings (SSSR count). The van der Waals surface area contributed by atoms with Gasteiger partial charge in [0.1, 0.15) is 0 Å². The summed E-state index contributed by atoms with van der Waals surface area (Å²) in [4.78, 5) is 9.34. The number of aliphatic imine (C=N–C) groups is 1. The largest absolute Gasteiger partial charge is 0.357 e. The number of hydrogen-bond acceptors (Lipinski definition) is 4. The second-order valence-corrected chi connectivity index (χ2v) is 8.57. The quantitative estimate of drug-likeness (QED) is 0.341. The molecule has 7 heteroatoms. The number of aromatic nitrogens is 1. The van der Waals surface area contributed by atoms with Gasteiger partial charge in [0.2, 0.25) is 0 Å². The van der Waals surface area contributed by atoms with E-state index in [1.54, 1.807) is 11.3 Å². The number of guanidine groups is 1. The summed E-state index contributed by atoms with van der Waals surface area (Å²) in [5, 5.41) is 10.1. The molecule has 4 nitrogen and oxygen atoms in total. The van der Waals surface area contributed by atoms with Crippen LogP contribution in [0, 0.1) is 0 Å². The molecule has 0 saturated heterocycles. The van der Waals surface area contributed by atoms with Crippen molar-refractivity contribution in [3.8, 4) is 0 Å². The monoisotopic (exact) mass is 470 g/mol. The number of rotatable bonds is 8. The van der Waals surface area contributed by atoms with Crippen LogP contribution in [0.1, 0.15) is 51.2 Å². The number of halogens is 1. The highest BCUT2D eigenvalue weighted by molar-refractivity contribution is 14.0. The number of nitrogens with zero attached hydrogens (tertiary/aromatic N) is 2. The molecule has 0 radical (unpaired) electrons. The molecule has 0 bridgehead atoms. The fraction of sp³-hybridized carbons (Fsp3) is 0.750. The third kappa shape index (κ3) is 9.14. The van der Waals surface area contributed by atoms with Crippen LogP contribution in [0.4, 0.5) is 0 Å². The molecule has 0 atom stereocenters. The zero-order valence-electron chi connectivity index (χ0n) is 15.1. The van der Waals surface area contributed by atoms with Crippen molar-refractivity contribution >= 4 is 53.0 Å². The standard InChI is InChI=1S/C16H30N4S2.HI/c1-7-17-15(19-11-16(4,5)21-6)18-9-8-13-10-22-14(20-13)12(2)3;/h10,12H,7-9,11H2,1-6H3,(H2,17,18,19);1H. The fourth-order valence-electron chi connectivity index (χ4n) is 1.69. The number of thioether (sulfide) groups is 1. The molecule has 0 fully saturated rings. The average Bonchev–Trinajstić information content (AvgIpc) is 2.94. The second-order valence-electron chi connectivity index (χ2n) is 6.17. The molecule has 0 saturated carbocycles. The van der Waals surface area contributed by atoms with E-state index in [0.717, 1.165) is 32.0 Å². The van der Waals surface area contributed by atoms with Crippen molar-refractivity contribution in [3.63, 3.8) is 0 Å². The smallest absolute Gasteiger partial charge is 0.191 e. The molecule has 0 spiro atoms. The highest BCUT2D eigenvalue weighted by Crippen LogP contribution is 2.21. The Balaban J connectivity index is 0.00000484. The van der Waals surface area contributed by atoms with E-state index in [4.69, 9.17) is 0 Å². The van der Waals surface area contributed by atoms with Crippen molar-refractivity contribution in [1.29, 1.82) is 0 Å². The topological polar surface area (TPSA) is 49.3 Å². The van der Waals surface area contributed by atoms with Gasteiger partial charge in [-0.15, -0.1) is 35.3 Å². The Labute approximate surface area is 166 Å². The fourth-order valence-corrected chi connectivity index (χ4v) is 2.75. The van der Waals surface area contributed by atoms with E-state index in [1.807, 2.05) is 11.8 Å². The van der Waals surface area contributed by atoms with Crippen LogP contribution in [0.5, 0.6) is 0 Å². The van der Waals surface area contributed by atoms with E-state index in [9.17, 15) is 0 Å². The normalized spacial score (nSPS) is 12.2. The van der Waals surface area contributed by atoms with Gasteiger partial charge in [-0.1, -0.05) is 13.8 Å². The Kier molecular flexibility index (Phi) is 11.5. The first-order chi connectivity index (χ1) is 10.4. The van der Waals surface area contributed by atoms with Crippen LogP contribution in [0.2, 0.25) is 0 Å². The van der Waals surface area contributed by atoms with Gasteiger partial charge in [0.15, 0.2) is 5.96 Å². The van der Waals surface area contributed by atoms with Gasteiger partial charge in [0.25, 0.3) is 0 Å². The Bertz CT molecular complexity index is 472. The SMILES string of the molecule is CCNC(=NCC(C)(C)SC)NCCc1csc(C(C)C)n1.I. The zero-order chi connectivity index (χ0) is 16.6. The molecule has 0 unspecified atom stereocenters. The Hall–Kier alpha value is -0.0200. The number of nitrogens with one attached hydrogen (secondary N) is 2. The van der Waals surface area contributed by atoms with E-state index < -0.39 is 0 Å². The molecule has 0 aliphatic rings. The zero-order valence-corrected chi connectivity index (χ0v) is 19.1. The molecule has 1 aromatic heterocycles. The summed E-state index contributed by atoms with van der Waals surface area (Å²) in [6.07, 6.45) is 3.06. The maximum Gasteiger partial charge on any atom is 0.191 e. The van der Waals surface area contributed by atoms with Crippen LogP contribution >= 0.6 is 47.1 Å². The molecular weight excluding hydrogens is 439 g/mol. The van der Waals surface area contributed by atoms with Crippen LogP contribution in [-0.4, -0.2) is 41.6 Å². The van der Waals surface area contributed by atoms with E-state index in [0.29, 0.717) is 5.92 Å². The Morgan fingerprint density at radius 3 is 2.61 bits per heavy atom. The third-order valence-corrected chi connectivity index (χ3v) is 5.68. The third-order valence-electron chi connectivity index (χ3n) is 3.25. The minimum absolute atomic E-state index is 0. The van der Waals surface area contributed by atoms with Crippen LogP contribution in [0.25, 0.3) is 0 Å². The van der Waals surface area contributed by atoms with Crippen molar-refractivity contribution in [2.75, 3.05) is 25.9 Å². The van der Waals surface area contributed by atoms with Gasteiger partial charge < -0.3 is 10.6 Å². The Morgan fingerprint density at radius 1 is 1.39 bits per heavy atom. The first-order valence-corrected chi connectivity index (χ1v) is 10.00. The van der Waals surface area contributed by atoms with Crippen LogP contribution in [0.15, 0.2) is 10.4 Å². The van der Waals surface area contributed by atoms with Gasteiger partial charge >= 0.3 is 0 Å². The summed E-state index contributed by atoms with van der Waals surface area (Å²) in [6.45, 7) is 13.4. The summed E-state index contributed by atoms with van der Waals surface area (Å²) in [7, 11) is 0. The van der Waals surface area contributed by atoms with E-state index in [2.05, 4.69) is 66.9 Å². The summed E-state index contributed by atoms with van der Waals surface area (Å²) < 4.78 is 0.170. The molecule has 23 heavy (non-hydrogen) atoms. The molecule has 0 aromatic carbocycles. The van der Waals surface area contributed by atoms with Crippen molar-refractivity contribution in [2.45, 2.75) is 51.7 Å². The van der Waals surface area contributed by atoms with Gasteiger partial charge in [-0.2, -0.15) is 11.8 Å². The molecule has 1 heterocycles. The minimum atomic E-state index is 0. The Morgan fingerprint density at radius 2 is 2.09 bits per heavy atom. The van der Waals surface area contributed by atoms with Crippen molar-refractivity contribution in [3.05, 3.63) is 16.1 Å². The lowest BCUT2D eigenvalue weighted by Gasteiger charge is -2.20. The van der Waals surface area contributed by atoms with Gasteiger partial charge in [-0.25, -0.2) is 4.98 Å². The molecule has 0 aliphatic heterocycles. The van der Waals surface area contributed by atoms with Crippen molar-refractivity contribution < 1.29 is 0 Å². The van der Waals surface area contributed by atoms with E-state index >= 15 is 0 Å². The maximum absolute atomic E-state index is 4.68. The lowest BCUT2D eigenvalue weighted by molar-refractivity contribution is 0.709. The molecule has 134 valence electrons.